The zero-order valence-electron chi connectivity index (χ0n) is 15.0. The van der Waals surface area contributed by atoms with Crippen LogP contribution in [0, 0.1) is 0 Å². The van der Waals surface area contributed by atoms with Crippen molar-refractivity contribution in [2.24, 2.45) is 0 Å². The molecule has 6 heteroatoms. The van der Waals surface area contributed by atoms with Crippen LogP contribution in [-0.2, 0) is 14.3 Å². The number of unbranched alkanes of at least 4 members (excludes halogenated alkanes) is 7. The molecule has 23 heavy (non-hydrogen) atoms. The fourth-order valence-corrected chi connectivity index (χ4v) is 2.15. The molecule has 0 aliphatic carbocycles. The van der Waals surface area contributed by atoms with Crippen LogP contribution < -0.4 is 40.0 Å². The fraction of sp³-hybridized carbons (Fsp3) is 0.765. The third-order valence-corrected chi connectivity index (χ3v) is 3.33. The van der Waals surface area contributed by atoms with Gasteiger partial charge in [0.15, 0.2) is 0 Å². The van der Waals surface area contributed by atoms with Gasteiger partial charge in [-0.2, -0.15) is 0 Å². The molecule has 128 valence electrons. The molecule has 0 saturated carbocycles. The zero-order valence-corrected chi connectivity index (χ0v) is 17.0. The van der Waals surface area contributed by atoms with Crippen LogP contribution in [0.25, 0.3) is 0 Å². The molecule has 0 aromatic heterocycles. The maximum Gasteiger partial charge on any atom is 1.00 e. The second-order valence-corrected chi connectivity index (χ2v) is 5.46. The number of allylic oxidation sites excluding steroid dienone is 1. The predicted octanol–water partition coefficient (Wildman–Crippen LogP) is -0.692. The van der Waals surface area contributed by atoms with Gasteiger partial charge in [-0.1, -0.05) is 38.5 Å². The molecule has 0 aliphatic rings. The summed E-state index contributed by atoms with van der Waals surface area (Å²) in [5, 5.41) is 13.4. The van der Waals surface area contributed by atoms with Crippen LogP contribution in [-0.4, -0.2) is 25.1 Å². The Morgan fingerprint density at radius 2 is 1.52 bits per heavy atom. The second kappa shape index (κ2) is 17.8. The maximum absolute atomic E-state index is 11.2. The molecule has 0 fully saturated rings. The minimum absolute atomic E-state index is 0. The Kier molecular flexibility index (Phi) is 19.2. The maximum atomic E-state index is 11.2. The van der Waals surface area contributed by atoms with Gasteiger partial charge in [0.2, 0.25) is 0 Å². The van der Waals surface area contributed by atoms with E-state index in [-0.39, 0.29) is 41.9 Å². The van der Waals surface area contributed by atoms with Crippen molar-refractivity contribution < 1.29 is 49.0 Å². The Labute approximate surface area is 162 Å². The van der Waals surface area contributed by atoms with E-state index in [9.17, 15) is 14.7 Å². The topological polar surface area (TPSA) is 78.5 Å². The van der Waals surface area contributed by atoms with Crippen molar-refractivity contribution in [3.8, 4) is 0 Å². The first-order valence-corrected chi connectivity index (χ1v) is 8.35. The molecule has 0 aromatic carbocycles. The first-order chi connectivity index (χ1) is 10.6. The summed E-state index contributed by atoms with van der Waals surface area (Å²) in [6, 6.07) is 0. The first-order valence-electron chi connectivity index (χ1n) is 8.35. The summed E-state index contributed by atoms with van der Waals surface area (Å²) in [6.07, 6.45) is 10.3. The molecule has 0 unspecified atom stereocenters. The molecule has 0 heterocycles. The van der Waals surface area contributed by atoms with E-state index in [4.69, 9.17) is 4.74 Å². The molecule has 1 N–H and O–H groups in total. The summed E-state index contributed by atoms with van der Waals surface area (Å²) in [7, 11) is 0. The average molecular weight is 335 g/mol. The van der Waals surface area contributed by atoms with Gasteiger partial charge in [0.25, 0.3) is 0 Å². The minimum atomic E-state index is -0.945. The number of carboxylic acids is 1. The molecule has 0 spiro atoms. The van der Waals surface area contributed by atoms with Gasteiger partial charge in [0, 0.05) is 24.3 Å². The van der Waals surface area contributed by atoms with Crippen LogP contribution in [0.2, 0.25) is 0 Å². The van der Waals surface area contributed by atoms with Gasteiger partial charge in [-0.15, -0.1) is 0 Å². The molecular weight excluding hydrogens is 305 g/mol. The monoisotopic (exact) mass is 335 g/mol. The van der Waals surface area contributed by atoms with Crippen molar-refractivity contribution in [2.75, 3.05) is 13.2 Å². The van der Waals surface area contributed by atoms with E-state index in [0.717, 1.165) is 37.9 Å². The smallest absolute Gasteiger partial charge is 0.550 e. The normalized spacial score (nSPS) is 10.8. The van der Waals surface area contributed by atoms with E-state index < -0.39 is 5.97 Å². The molecule has 0 amide bonds. The SMILES string of the molecule is CCOC(=O)C=C(C)NCCCCCCCCCCC(=O)[O-].[Na+]. The molecule has 0 radical (unpaired) electrons. The Morgan fingerprint density at radius 3 is 2.04 bits per heavy atom. The van der Waals surface area contributed by atoms with Gasteiger partial charge < -0.3 is 20.0 Å². The molecule has 5 nitrogen and oxygen atoms in total. The number of carboxylic acid groups (broad SMARTS) is 1. The Hall–Kier alpha value is -0.520. The predicted molar refractivity (Wildman–Crippen MR) is 85.0 cm³/mol. The molecular formula is C17H30NNaO4. The molecule has 0 saturated heterocycles. The average Bonchev–Trinajstić information content (AvgIpc) is 2.44. The number of hydrogen-bond acceptors (Lipinski definition) is 5. The van der Waals surface area contributed by atoms with Gasteiger partial charge in [-0.3, -0.25) is 0 Å². The summed E-state index contributed by atoms with van der Waals surface area (Å²) in [5.74, 6) is -1.24. The first kappa shape index (κ1) is 24.7. The van der Waals surface area contributed by atoms with Crippen molar-refractivity contribution in [1.82, 2.24) is 5.32 Å². The molecule has 0 aliphatic heterocycles. The standard InChI is InChI=1S/C17H31NO4.Na/c1-3-22-17(21)14-15(2)18-13-11-9-7-5-4-6-8-10-12-16(19)20;/h14,18H,3-13H2,1-2H3,(H,19,20);/q;+1/p-1. The Bertz CT molecular complexity index is 345. The van der Waals surface area contributed by atoms with Crippen molar-refractivity contribution >= 4 is 11.9 Å². The largest absolute Gasteiger partial charge is 1.00 e. The summed E-state index contributed by atoms with van der Waals surface area (Å²) in [4.78, 5) is 21.4. The minimum Gasteiger partial charge on any atom is -0.550 e. The zero-order chi connectivity index (χ0) is 16.6. The summed E-state index contributed by atoms with van der Waals surface area (Å²) >= 11 is 0. The van der Waals surface area contributed by atoms with Crippen LogP contribution in [0.15, 0.2) is 11.8 Å². The molecule has 0 atom stereocenters. The molecule has 0 aromatic rings. The van der Waals surface area contributed by atoms with Crippen molar-refractivity contribution in [3.05, 3.63) is 11.8 Å². The van der Waals surface area contributed by atoms with Gasteiger partial charge in [-0.05, 0) is 33.1 Å². The van der Waals surface area contributed by atoms with Gasteiger partial charge >= 0.3 is 35.5 Å². The van der Waals surface area contributed by atoms with E-state index >= 15 is 0 Å². The van der Waals surface area contributed by atoms with E-state index in [1.165, 1.54) is 31.8 Å². The van der Waals surface area contributed by atoms with Crippen LogP contribution in [0.4, 0.5) is 0 Å². The molecule has 0 bridgehead atoms. The number of aliphatic carboxylic acids is 1. The third kappa shape index (κ3) is 19.4. The number of carbonyl (C=O) groups is 2. The quantitative estimate of drug-likeness (QED) is 0.197. The number of nitrogens with one attached hydrogen (secondary N) is 1. The Morgan fingerprint density at radius 1 is 1.00 bits per heavy atom. The van der Waals surface area contributed by atoms with E-state index in [0.29, 0.717) is 6.61 Å². The van der Waals surface area contributed by atoms with Gasteiger partial charge in [0.05, 0.1) is 6.61 Å². The van der Waals surface area contributed by atoms with E-state index in [1.807, 2.05) is 6.92 Å². The number of esters is 1. The van der Waals surface area contributed by atoms with Crippen molar-refractivity contribution in [3.63, 3.8) is 0 Å². The van der Waals surface area contributed by atoms with Crippen LogP contribution >= 0.6 is 0 Å². The number of carbonyl (C=O) groups excluding carboxylic acids is 2. The van der Waals surface area contributed by atoms with Crippen molar-refractivity contribution in [2.45, 2.75) is 71.6 Å². The summed E-state index contributed by atoms with van der Waals surface area (Å²) < 4.78 is 4.83. The van der Waals surface area contributed by atoms with Crippen molar-refractivity contribution in [1.29, 1.82) is 0 Å². The number of rotatable bonds is 14. The van der Waals surface area contributed by atoms with Crippen LogP contribution in [0.3, 0.4) is 0 Å². The van der Waals surface area contributed by atoms with Crippen LogP contribution in [0.1, 0.15) is 71.6 Å². The summed E-state index contributed by atoms with van der Waals surface area (Å²) in [5.41, 5.74) is 0.839. The van der Waals surface area contributed by atoms with E-state index in [2.05, 4.69) is 5.32 Å². The third-order valence-electron chi connectivity index (χ3n) is 3.33. The van der Waals surface area contributed by atoms with Crippen LogP contribution in [0.5, 0.6) is 0 Å². The summed E-state index contributed by atoms with van der Waals surface area (Å²) in [6.45, 7) is 4.92. The number of ether oxygens (including phenoxy) is 1. The fourth-order valence-electron chi connectivity index (χ4n) is 2.15. The van der Waals surface area contributed by atoms with Gasteiger partial charge in [0.1, 0.15) is 0 Å². The van der Waals surface area contributed by atoms with Gasteiger partial charge in [-0.25, -0.2) is 4.79 Å². The molecule has 0 rings (SSSR count). The number of hydrogen-bond donors (Lipinski definition) is 1. The second-order valence-electron chi connectivity index (χ2n) is 5.46. The van der Waals surface area contributed by atoms with E-state index in [1.54, 1.807) is 6.92 Å². The Balaban J connectivity index is 0.